The van der Waals surface area contributed by atoms with Crippen LogP contribution in [0.25, 0.3) is 0 Å². The normalized spacial score (nSPS) is 10.4. The van der Waals surface area contributed by atoms with Crippen LogP contribution >= 0.6 is 27.5 Å². The zero-order valence-electron chi connectivity index (χ0n) is 8.75. The molecule has 0 amide bonds. The van der Waals surface area contributed by atoms with Crippen molar-refractivity contribution in [3.8, 4) is 0 Å². The Balaban J connectivity index is 2.61. The summed E-state index contributed by atoms with van der Waals surface area (Å²) in [6.07, 6.45) is 1.33. The number of rotatable bonds is 2. The number of carbonyl (C=O) groups is 1. The van der Waals surface area contributed by atoms with Crippen molar-refractivity contribution in [3.63, 3.8) is 0 Å². The first-order chi connectivity index (χ1) is 8.52. The number of pyridine rings is 1. The molecule has 2 aromatic rings. The maximum absolute atomic E-state index is 13.8. The van der Waals surface area contributed by atoms with E-state index in [4.69, 9.17) is 11.6 Å². The minimum Gasteiger partial charge on any atom is -0.287 e. The number of hydrogen-bond donors (Lipinski definition) is 0. The molecule has 0 aliphatic rings. The van der Waals surface area contributed by atoms with Gasteiger partial charge in [-0.3, -0.25) is 9.78 Å². The van der Waals surface area contributed by atoms with Crippen molar-refractivity contribution in [2.24, 2.45) is 0 Å². The van der Waals surface area contributed by atoms with E-state index in [9.17, 15) is 13.6 Å². The lowest BCUT2D eigenvalue weighted by Crippen LogP contribution is -2.10. The van der Waals surface area contributed by atoms with Gasteiger partial charge in [0, 0.05) is 6.20 Å². The molecule has 0 radical (unpaired) electrons. The second kappa shape index (κ2) is 5.12. The third-order valence-electron chi connectivity index (χ3n) is 2.24. The van der Waals surface area contributed by atoms with E-state index in [1.165, 1.54) is 24.4 Å². The summed E-state index contributed by atoms with van der Waals surface area (Å²) >= 11 is 8.67. The molecule has 92 valence electrons. The summed E-state index contributed by atoms with van der Waals surface area (Å²) < 4.78 is 27.3. The first kappa shape index (κ1) is 13.1. The second-order valence-corrected chi connectivity index (χ2v) is 4.64. The Bertz CT molecular complexity index is 633. The Morgan fingerprint density at radius 2 is 2.00 bits per heavy atom. The molecule has 0 unspecified atom stereocenters. The SMILES string of the molecule is O=C(c1ncccc1Cl)c1c(F)ccc(Br)c1F. The van der Waals surface area contributed by atoms with Gasteiger partial charge in [-0.25, -0.2) is 8.78 Å². The molecule has 0 aliphatic heterocycles. The Labute approximate surface area is 115 Å². The summed E-state index contributed by atoms with van der Waals surface area (Å²) in [4.78, 5) is 15.7. The van der Waals surface area contributed by atoms with E-state index in [0.29, 0.717) is 0 Å². The van der Waals surface area contributed by atoms with Gasteiger partial charge in [-0.1, -0.05) is 11.6 Å². The molecule has 0 fully saturated rings. The fourth-order valence-electron chi connectivity index (χ4n) is 1.41. The molecule has 0 bridgehead atoms. The Morgan fingerprint density at radius 1 is 1.28 bits per heavy atom. The van der Waals surface area contributed by atoms with Crippen LogP contribution in [-0.2, 0) is 0 Å². The molecule has 0 saturated heterocycles. The van der Waals surface area contributed by atoms with Gasteiger partial charge in [0.2, 0.25) is 5.78 Å². The molecule has 0 N–H and O–H groups in total. The summed E-state index contributed by atoms with van der Waals surface area (Å²) in [6.45, 7) is 0. The molecular weight excluding hydrogens is 327 g/mol. The lowest BCUT2D eigenvalue weighted by Gasteiger charge is -2.06. The number of ketones is 1. The first-order valence-corrected chi connectivity index (χ1v) is 5.98. The number of halogens is 4. The van der Waals surface area contributed by atoms with Crippen LogP contribution in [0.2, 0.25) is 5.02 Å². The fraction of sp³-hybridized carbons (Fsp3) is 0. The zero-order chi connectivity index (χ0) is 13.3. The summed E-state index contributed by atoms with van der Waals surface area (Å²) in [5, 5.41) is 0.0428. The molecule has 0 spiro atoms. The Hall–Kier alpha value is -1.33. The maximum Gasteiger partial charge on any atom is 0.218 e. The molecule has 2 rings (SSSR count). The largest absolute Gasteiger partial charge is 0.287 e. The summed E-state index contributed by atoms with van der Waals surface area (Å²) in [5.74, 6) is -2.82. The molecule has 1 heterocycles. The van der Waals surface area contributed by atoms with Gasteiger partial charge in [0.1, 0.15) is 11.5 Å². The number of nitrogens with zero attached hydrogens (tertiary/aromatic N) is 1. The van der Waals surface area contributed by atoms with Crippen molar-refractivity contribution in [1.82, 2.24) is 4.98 Å². The van der Waals surface area contributed by atoms with Crippen LogP contribution in [0.1, 0.15) is 16.1 Å². The van der Waals surface area contributed by atoms with Crippen molar-refractivity contribution in [2.75, 3.05) is 0 Å². The van der Waals surface area contributed by atoms with Crippen LogP contribution in [-0.4, -0.2) is 10.8 Å². The monoisotopic (exact) mass is 331 g/mol. The van der Waals surface area contributed by atoms with Crippen LogP contribution in [0.5, 0.6) is 0 Å². The maximum atomic E-state index is 13.8. The van der Waals surface area contributed by atoms with Crippen LogP contribution in [0, 0.1) is 11.6 Å². The standard InChI is InChI=1S/C12H5BrClF2NO/c13-6-3-4-8(15)9(10(6)16)12(18)11-7(14)2-1-5-17-11/h1-5H. The number of hydrogen-bond acceptors (Lipinski definition) is 2. The van der Waals surface area contributed by atoms with E-state index < -0.39 is 23.0 Å². The highest BCUT2D eigenvalue weighted by Crippen LogP contribution is 2.25. The van der Waals surface area contributed by atoms with E-state index in [1.54, 1.807) is 0 Å². The van der Waals surface area contributed by atoms with Crippen molar-refractivity contribution < 1.29 is 13.6 Å². The molecule has 18 heavy (non-hydrogen) atoms. The van der Waals surface area contributed by atoms with E-state index in [1.807, 2.05) is 0 Å². The molecule has 0 aliphatic carbocycles. The third kappa shape index (κ3) is 2.28. The molecular formula is C12H5BrClF2NO. The van der Waals surface area contributed by atoms with Crippen LogP contribution in [0.4, 0.5) is 8.78 Å². The van der Waals surface area contributed by atoms with Gasteiger partial charge < -0.3 is 0 Å². The molecule has 0 saturated carbocycles. The lowest BCUT2D eigenvalue weighted by molar-refractivity contribution is 0.102. The topological polar surface area (TPSA) is 30.0 Å². The molecule has 2 nitrogen and oxygen atoms in total. The number of carbonyl (C=O) groups excluding carboxylic acids is 1. The predicted molar refractivity (Wildman–Crippen MR) is 66.7 cm³/mol. The van der Waals surface area contributed by atoms with E-state index in [-0.39, 0.29) is 15.2 Å². The number of benzene rings is 1. The minimum absolute atomic E-state index is 0.000645. The minimum atomic E-state index is -0.971. The predicted octanol–water partition coefficient (Wildman–Crippen LogP) is 4.01. The van der Waals surface area contributed by atoms with Crippen LogP contribution in [0.15, 0.2) is 34.9 Å². The first-order valence-electron chi connectivity index (χ1n) is 4.81. The molecule has 0 atom stereocenters. The number of aromatic nitrogens is 1. The quantitative estimate of drug-likeness (QED) is 0.614. The molecule has 6 heteroatoms. The highest BCUT2D eigenvalue weighted by molar-refractivity contribution is 9.10. The molecule has 1 aromatic heterocycles. The van der Waals surface area contributed by atoms with Gasteiger partial charge in [-0.05, 0) is 40.2 Å². The average Bonchev–Trinajstić information content (AvgIpc) is 2.35. The van der Waals surface area contributed by atoms with E-state index >= 15 is 0 Å². The van der Waals surface area contributed by atoms with Crippen molar-refractivity contribution in [3.05, 3.63) is 62.8 Å². The third-order valence-corrected chi connectivity index (χ3v) is 3.16. The van der Waals surface area contributed by atoms with Crippen molar-refractivity contribution >= 4 is 33.3 Å². The van der Waals surface area contributed by atoms with Gasteiger partial charge in [0.05, 0.1) is 15.1 Å². The van der Waals surface area contributed by atoms with Gasteiger partial charge >= 0.3 is 0 Å². The van der Waals surface area contributed by atoms with E-state index in [0.717, 1.165) is 6.07 Å². The fourth-order valence-corrected chi connectivity index (χ4v) is 1.94. The smallest absolute Gasteiger partial charge is 0.218 e. The van der Waals surface area contributed by atoms with Gasteiger partial charge in [-0.15, -0.1) is 0 Å². The second-order valence-electron chi connectivity index (χ2n) is 3.38. The van der Waals surface area contributed by atoms with Crippen molar-refractivity contribution in [1.29, 1.82) is 0 Å². The lowest BCUT2D eigenvalue weighted by atomic mass is 10.1. The van der Waals surface area contributed by atoms with E-state index in [2.05, 4.69) is 20.9 Å². The Kier molecular flexibility index (Phi) is 3.73. The highest BCUT2D eigenvalue weighted by Gasteiger charge is 2.23. The van der Waals surface area contributed by atoms with Gasteiger partial charge in [0.25, 0.3) is 0 Å². The summed E-state index contributed by atoms with van der Waals surface area (Å²) in [5.41, 5.74) is -0.861. The van der Waals surface area contributed by atoms with Gasteiger partial charge in [0.15, 0.2) is 5.82 Å². The highest BCUT2D eigenvalue weighted by atomic mass is 79.9. The average molecular weight is 333 g/mol. The van der Waals surface area contributed by atoms with Crippen LogP contribution in [0.3, 0.4) is 0 Å². The summed E-state index contributed by atoms with van der Waals surface area (Å²) in [7, 11) is 0. The van der Waals surface area contributed by atoms with Crippen molar-refractivity contribution in [2.45, 2.75) is 0 Å². The van der Waals surface area contributed by atoms with Gasteiger partial charge in [-0.2, -0.15) is 0 Å². The zero-order valence-corrected chi connectivity index (χ0v) is 11.1. The van der Waals surface area contributed by atoms with Crippen LogP contribution < -0.4 is 0 Å². The Morgan fingerprint density at radius 3 is 2.67 bits per heavy atom. The summed E-state index contributed by atoms with van der Waals surface area (Å²) in [6, 6.07) is 5.13. The molecule has 1 aromatic carbocycles.